The number of aliphatic carboxylic acids is 1. The predicted octanol–water partition coefficient (Wildman–Crippen LogP) is 2.65. The van der Waals surface area contributed by atoms with Crippen LogP contribution < -0.4 is 5.32 Å². The number of carboxylic acid groups (broad SMARTS) is 1. The topological polar surface area (TPSA) is 84.2 Å². The summed E-state index contributed by atoms with van der Waals surface area (Å²) in [6.45, 7) is 5.82. The first kappa shape index (κ1) is 15.8. The zero-order valence-corrected chi connectivity index (χ0v) is 12.8. The van der Waals surface area contributed by atoms with Crippen molar-refractivity contribution in [1.29, 1.82) is 0 Å². The maximum absolute atomic E-state index is 12.4. The van der Waals surface area contributed by atoms with E-state index in [2.05, 4.69) is 10.4 Å². The SMILES string of the molecule is Cc1c(C(=O)Nc2ccccc2CC(=O)O)cnn1C(C)C. The van der Waals surface area contributed by atoms with Crippen LogP contribution in [0, 0.1) is 6.92 Å². The Morgan fingerprint density at radius 3 is 2.59 bits per heavy atom. The summed E-state index contributed by atoms with van der Waals surface area (Å²) >= 11 is 0. The lowest BCUT2D eigenvalue weighted by molar-refractivity contribution is -0.136. The molecule has 1 amide bonds. The number of benzene rings is 1. The summed E-state index contributed by atoms with van der Waals surface area (Å²) < 4.78 is 1.78. The standard InChI is InChI=1S/C16H19N3O3/c1-10(2)19-11(3)13(9-17-19)16(22)18-14-7-5-4-6-12(14)8-15(20)21/h4-7,9-10H,8H2,1-3H3,(H,18,22)(H,20,21). The molecule has 0 spiro atoms. The van der Waals surface area contributed by atoms with Gasteiger partial charge in [-0.15, -0.1) is 0 Å². The molecule has 0 radical (unpaired) electrons. The molecule has 1 heterocycles. The molecule has 0 fully saturated rings. The maximum Gasteiger partial charge on any atom is 0.307 e. The van der Waals surface area contributed by atoms with E-state index >= 15 is 0 Å². The molecule has 0 saturated carbocycles. The zero-order valence-electron chi connectivity index (χ0n) is 12.8. The molecule has 2 N–H and O–H groups in total. The number of aromatic nitrogens is 2. The van der Waals surface area contributed by atoms with E-state index in [0.29, 0.717) is 16.8 Å². The fourth-order valence-corrected chi connectivity index (χ4v) is 2.32. The first-order chi connectivity index (χ1) is 10.4. The maximum atomic E-state index is 12.4. The highest BCUT2D eigenvalue weighted by Gasteiger charge is 2.17. The minimum atomic E-state index is -0.939. The Hall–Kier alpha value is -2.63. The summed E-state index contributed by atoms with van der Waals surface area (Å²) in [6.07, 6.45) is 1.39. The number of hydrogen-bond acceptors (Lipinski definition) is 3. The minimum absolute atomic E-state index is 0.138. The van der Waals surface area contributed by atoms with Crippen molar-refractivity contribution in [3.05, 3.63) is 47.3 Å². The van der Waals surface area contributed by atoms with Gasteiger partial charge in [0.1, 0.15) is 0 Å². The number of nitrogens with one attached hydrogen (secondary N) is 1. The second kappa shape index (κ2) is 6.43. The Labute approximate surface area is 128 Å². The van der Waals surface area contributed by atoms with Crippen LogP contribution in [0.5, 0.6) is 0 Å². The van der Waals surface area contributed by atoms with Gasteiger partial charge >= 0.3 is 5.97 Å². The summed E-state index contributed by atoms with van der Waals surface area (Å²) in [7, 11) is 0. The third-order valence-electron chi connectivity index (χ3n) is 3.39. The van der Waals surface area contributed by atoms with Crippen molar-refractivity contribution in [1.82, 2.24) is 9.78 Å². The van der Waals surface area contributed by atoms with Crippen molar-refractivity contribution >= 4 is 17.6 Å². The lowest BCUT2D eigenvalue weighted by atomic mass is 10.1. The number of amides is 1. The van der Waals surface area contributed by atoms with Crippen LogP contribution in [-0.4, -0.2) is 26.8 Å². The molecule has 2 rings (SSSR count). The van der Waals surface area contributed by atoms with Crippen molar-refractivity contribution in [2.45, 2.75) is 33.2 Å². The number of hydrogen-bond donors (Lipinski definition) is 2. The van der Waals surface area contributed by atoms with Gasteiger partial charge in [0.2, 0.25) is 0 Å². The van der Waals surface area contributed by atoms with Crippen LogP contribution in [0.4, 0.5) is 5.69 Å². The second-order valence-electron chi connectivity index (χ2n) is 5.36. The van der Waals surface area contributed by atoms with Gasteiger partial charge < -0.3 is 10.4 Å². The van der Waals surface area contributed by atoms with E-state index in [0.717, 1.165) is 5.69 Å². The molecule has 22 heavy (non-hydrogen) atoms. The number of rotatable bonds is 5. The van der Waals surface area contributed by atoms with Crippen LogP contribution in [0.15, 0.2) is 30.5 Å². The van der Waals surface area contributed by atoms with Crippen molar-refractivity contribution in [3.63, 3.8) is 0 Å². The van der Waals surface area contributed by atoms with Crippen LogP contribution in [-0.2, 0) is 11.2 Å². The Kier molecular flexibility index (Phi) is 4.60. The van der Waals surface area contributed by atoms with Gasteiger partial charge in [0.05, 0.1) is 18.2 Å². The highest BCUT2D eigenvalue weighted by Crippen LogP contribution is 2.19. The van der Waals surface area contributed by atoms with Crippen molar-refractivity contribution in [2.24, 2.45) is 0 Å². The molecular formula is C16H19N3O3. The molecule has 0 aliphatic heterocycles. The molecular weight excluding hydrogens is 282 g/mol. The molecule has 6 nitrogen and oxygen atoms in total. The van der Waals surface area contributed by atoms with E-state index < -0.39 is 5.97 Å². The molecule has 0 bridgehead atoms. The molecule has 0 aliphatic rings. The van der Waals surface area contributed by atoms with E-state index in [9.17, 15) is 9.59 Å². The molecule has 0 saturated heterocycles. The van der Waals surface area contributed by atoms with Gasteiger partial charge in [0.25, 0.3) is 5.91 Å². The quantitative estimate of drug-likeness (QED) is 0.889. The number of carbonyl (C=O) groups excluding carboxylic acids is 1. The highest BCUT2D eigenvalue weighted by atomic mass is 16.4. The summed E-state index contributed by atoms with van der Waals surface area (Å²) in [5, 5.41) is 15.9. The van der Waals surface area contributed by atoms with Crippen LogP contribution in [0.3, 0.4) is 0 Å². The largest absolute Gasteiger partial charge is 0.481 e. The molecule has 0 atom stereocenters. The van der Waals surface area contributed by atoms with Gasteiger partial charge in [-0.3, -0.25) is 14.3 Å². The highest BCUT2D eigenvalue weighted by molar-refractivity contribution is 6.05. The van der Waals surface area contributed by atoms with Crippen molar-refractivity contribution in [2.75, 3.05) is 5.32 Å². The van der Waals surface area contributed by atoms with E-state index in [1.807, 2.05) is 20.8 Å². The average molecular weight is 301 g/mol. The predicted molar refractivity (Wildman–Crippen MR) is 83.1 cm³/mol. The van der Waals surface area contributed by atoms with Gasteiger partial charge in [-0.2, -0.15) is 5.10 Å². The van der Waals surface area contributed by atoms with Gasteiger partial charge in [-0.25, -0.2) is 0 Å². The molecule has 1 aromatic carbocycles. The Balaban J connectivity index is 2.24. The van der Waals surface area contributed by atoms with Crippen molar-refractivity contribution < 1.29 is 14.7 Å². The Morgan fingerprint density at radius 1 is 1.32 bits per heavy atom. The first-order valence-corrected chi connectivity index (χ1v) is 7.05. The third kappa shape index (κ3) is 3.33. The Bertz CT molecular complexity index is 704. The summed E-state index contributed by atoms with van der Waals surface area (Å²) in [5.74, 6) is -1.23. The lowest BCUT2D eigenvalue weighted by Crippen LogP contribution is -2.15. The number of carbonyl (C=O) groups is 2. The Morgan fingerprint density at radius 2 is 2.00 bits per heavy atom. The summed E-state index contributed by atoms with van der Waals surface area (Å²) in [6, 6.07) is 7.05. The molecule has 0 aliphatic carbocycles. The molecule has 2 aromatic rings. The molecule has 0 unspecified atom stereocenters. The van der Waals surface area contributed by atoms with Gasteiger partial charge in [0, 0.05) is 17.4 Å². The number of para-hydroxylation sites is 1. The van der Waals surface area contributed by atoms with Gasteiger partial charge in [0.15, 0.2) is 0 Å². The van der Waals surface area contributed by atoms with E-state index in [4.69, 9.17) is 5.11 Å². The molecule has 116 valence electrons. The third-order valence-corrected chi connectivity index (χ3v) is 3.39. The van der Waals surface area contributed by atoms with Crippen LogP contribution in [0.1, 0.15) is 41.5 Å². The van der Waals surface area contributed by atoms with E-state index in [-0.39, 0.29) is 18.4 Å². The second-order valence-corrected chi connectivity index (χ2v) is 5.36. The average Bonchev–Trinajstić information content (AvgIpc) is 2.82. The fourth-order valence-electron chi connectivity index (χ4n) is 2.32. The van der Waals surface area contributed by atoms with E-state index in [1.54, 1.807) is 28.9 Å². The number of carboxylic acids is 1. The monoisotopic (exact) mass is 301 g/mol. The van der Waals surface area contributed by atoms with Crippen LogP contribution in [0.25, 0.3) is 0 Å². The number of nitrogens with zero attached hydrogens (tertiary/aromatic N) is 2. The van der Waals surface area contributed by atoms with Gasteiger partial charge in [-0.05, 0) is 32.4 Å². The molecule has 6 heteroatoms. The number of anilines is 1. The smallest absolute Gasteiger partial charge is 0.307 e. The van der Waals surface area contributed by atoms with Crippen LogP contribution >= 0.6 is 0 Å². The summed E-state index contributed by atoms with van der Waals surface area (Å²) in [5.41, 5.74) is 2.34. The lowest BCUT2D eigenvalue weighted by Gasteiger charge is -2.11. The normalized spacial score (nSPS) is 10.7. The fraction of sp³-hybridized carbons (Fsp3) is 0.312. The van der Waals surface area contributed by atoms with Crippen LogP contribution in [0.2, 0.25) is 0 Å². The first-order valence-electron chi connectivity index (χ1n) is 7.05. The van der Waals surface area contributed by atoms with Crippen molar-refractivity contribution in [3.8, 4) is 0 Å². The van der Waals surface area contributed by atoms with Gasteiger partial charge in [-0.1, -0.05) is 18.2 Å². The molecule has 1 aromatic heterocycles. The summed E-state index contributed by atoms with van der Waals surface area (Å²) in [4.78, 5) is 23.3. The minimum Gasteiger partial charge on any atom is -0.481 e. The zero-order chi connectivity index (χ0) is 16.3. The van der Waals surface area contributed by atoms with E-state index in [1.165, 1.54) is 6.20 Å².